The number of nitrogens with zero attached hydrogens (tertiary/aromatic N) is 6. The third kappa shape index (κ3) is 3.83. The Hall–Kier alpha value is -4.05. The van der Waals surface area contributed by atoms with Crippen LogP contribution in [0.25, 0.3) is 22.4 Å². The lowest BCUT2D eigenvalue weighted by atomic mass is 10.0. The van der Waals surface area contributed by atoms with Crippen LogP contribution in [0.2, 0.25) is 0 Å². The van der Waals surface area contributed by atoms with E-state index in [-0.39, 0.29) is 18.2 Å². The normalized spacial score (nSPS) is 13.2. The summed E-state index contributed by atoms with van der Waals surface area (Å²) in [6.07, 6.45) is 6.21. The first kappa shape index (κ1) is 22.4. The topological polar surface area (TPSA) is 108 Å². The summed E-state index contributed by atoms with van der Waals surface area (Å²) < 4.78 is 55.4. The monoisotopic (exact) mass is 511 g/mol. The molecule has 5 heterocycles. The van der Waals surface area contributed by atoms with Gasteiger partial charge in [-0.1, -0.05) is 0 Å². The highest BCUT2D eigenvalue weighted by Crippen LogP contribution is 2.40. The van der Waals surface area contributed by atoms with Crippen molar-refractivity contribution >= 4 is 24.6 Å². The van der Waals surface area contributed by atoms with Gasteiger partial charge in [-0.25, -0.2) is 18.7 Å². The van der Waals surface area contributed by atoms with Crippen LogP contribution < -0.4 is 14.6 Å². The first-order chi connectivity index (χ1) is 17.3. The number of anilines is 1. The second-order valence-corrected chi connectivity index (χ2v) is 11.4. The Labute approximate surface area is 203 Å². The van der Waals surface area contributed by atoms with Crippen molar-refractivity contribution in [2.75, 3.05) is 25.3 Å². The van der Waals surface area contributed by atoms with Gasteiger partial charge < -0.3 is 14.6 Å². The molecule has 0 amide bonds. The minimum Gasteiger partial charge on any atom is -0.493 e. The Kier molecular flexibility index (Phi) is 5.15. The first-order valence-electron chi connectivity index (χ1n) is 11.1. The maximum absolute atomic E-state index is 14.6. The summed E-state index contributed by atoms with van der Waals surface area (Å²) in [5, 5.41) is 11.3. The number of pyridine rings is 1. The van der Waals surface area contributed by atoms with Gasteiger partial charge in [0, 0.05) is 60.9 Å². The van der Waals surface area contributed by atoms with Gasteiger partial charge in [0.25, 0.3) is 0 Å². The summed E-state index contributed by atoms with van der Waals surface area (Å²) >= 11 is 0. The van der Waals surface area contributed by atoms with Gasteiger partial charge in [0.1, 0.15) is 29.4 Å². The van der Waals surface area contributed by atoms with Gasteiger partial charge in [0.2, 0.25) is 19.2 Å². The van der Waals surface area contributed by atoms with Crippen LogP contribution in [0.5, 0.6) is 11.6 Å². The molecular formula is C23H20F2N7O3P. The molecule has 5 aromatic rings. The van der Waals surface area contributed by atoms with Gasteiger partial charge >= 0.3 is 0 Å². The summed E-state index contributed by atoms with van der Waals surface area (Å²) in [4.78, 5) is 8.83. The van der Waals surface area contributed by atoms with E-state index >= 15 is 0 Å². The van der Waals surface area contributed by atoms with Crippen molar-refractivity contribution in [2.24, 2.45) is 0 Å². The van der Waals surface area contributed by atoms with Crippen molar-refractivity contribution in [3.63, 3.8) is 0 Å². The maximum atomic E-state index is 14.6. The number of benzene rings is 1. The fraction of sp³-hybridized carbons (Fsp3) is 0.217. The Balaban J connectivity index is 1.40. The summed E-state index contributed by atoms with van der Waals surface area (Å²) in [6, 6.07) is 4.34. The highest BCUT2D eigenvalue weighted by molar-refractivity contribution is 7.57. The molecule has 0 fully saturated rings. The minimum absolute atomic E-state index is 0.157. The molecule has 0 bridgehead atoms. The average molecular weight is 511 g/mol. The fourth-order valence-electron chi connectivity index (χ4n) is 4.34. The zero-order chi connectivity index (χ0) is 25.0. The molecule has 0 saturated carbocycles. The molecule has 13 heteroatoms. The van der Waals surface area contributed by atoms with E-state index in [0.717, 1.165) is 5.56 Å². The lowest BCUT2D eigenvalue weighted by Crippen LogP contribution is -2.10. The lowest BCUT2D eigenvalue weighted by molar-refractivity contribution is 0.356. The molecule has 1 N–H and O–H groups in total. The van der Waals surface area contributed by atoms with Crippen LogP contribution in [-0.2, 0) is 17.5 Å². The Morgan fingerprint density at radius 3 is 2.83 bits per heavy atom. The number of rotatable bonds is 6. The second kappa shape index (κ2) is 8.27. The van der Waals surface area contributed by atoms with E-state index in [2.05, 4.69) is 25.5 Å². The van der Waals surface area contributed by atoms with E-state index in [4.69, 9.17) is 9.26 Å². The molecule has 184 valence electrons. The number of aromatic nitrogens is 6. The summed E-state index contributed by atoms with van der Waals surface area (Å²) in [7, 11) is -2.90. The summed E-state index contributed by atoms with van der Waals surface area (Å²) in [6.45, 7) is 3.62. The van der Waals surface area contributed by atoms with E-state index in [1.165, 1.54) is 54.8 Å². The van der Waals surface area contributed by atoms with Crippen molar-refractivity contribution in [1.82, 2.24) is 29.0 Å². The molecule has 10 nitrogen and oxygen atoms in total. The number of halogens is 2. The van der Waals surface area contributed by atoms with Gasteiger partial charge in [-0.3, -0.25) is 13.4 Å². The van der Waals surface area contributed by atoms with Gasteiger partial charge in [-0.2, -0.15) is 0 Å². The molecule has 4 aromatic heterocycles. The molecule has 0 atom stereocenters. The highest BCUT2D eigenvalue weighted by atomic mass is 31.2. The molecule has 1 aliphatic heterocycles. The van der Waals surface area contributed by atoms with Crippen LogP contribution in [0.3, 0.4) is 0 Å². The molecular weight excluding hydrogens is 491 g/mol. The smallest absolute Gasteiger partial charge is 0.243 e. The molecule has 0 radical (unpaired) electrons. The molecule has 0 aliphatic carbocycles. The van der Waals surface area contributed by atoms with E-state index in [1.54, 1.807) is 10.5 Å². The van der Waals surface area contributed by atoms with Gasteiger partial charge in [-0.15, -0.1) is 10.2 Å². The Morgan fingerprint density at radius 2 is 2.00 bits per heavy atom. The van der Waals surface area contributed by atoms with Gasteiger partial charge in [-0.05, 0) is 18.2 Å². The highest BCUT2D eigenvalue weighted by Gasteiger charge is 2.22. The molecule has 6 rings (SSSR count). The molecule has 0 spiro atoms. The summed E-state index contributed by atoms with van der Waals surface area (Å²) in [5.74, 6) is 0.340. The number of hydrogen-bond acceptors (Lipinski definition) is 8. The molecule has 0 unspecified atom stereocenters. The SMILES string of the molecule is CP(C)(=O)Oc1cnc2c(-c3cnc(NCc4c(F)ccc5c4CCO5)n4cnnc34)cc(F)cn12. The largest absolute Gasteiger partial charge is 0.493 e. The lowest BCUT2D eigenvalue weighted by Gasteiger charge is -2.13. The zero-order valence-electron chi connectivity index (χ0n) is 19.3. The molecule has 0 saturated heterocycles. The number of fused-ring (bicyclic) bond motifs is 3. The van der Waals surface area contributed by atoms with Crippen LogP contribution in [0.15, 0.2) is 43.1 Å². The summed E-state index contributed by atoms with van der Waals surface area (Å²) in [5.41, 5.74) is 2.97. The van der Waals surface area contributed by atoms with Crippen LogP contribution in [0.4, 0.5) is 14.7 Å². The first-order valence-corrected chi connectivity index (χ1v) is 13.6. The molecule has 1 aliphatic rings. The van der Waals surface area contributed by atoms with E-state index in [1.807, 2.05) is 0 Å². The van der Waals surface area contributed by atoms with Crippen LogP contribution in [-0.4, -0.2) is 48.9 Å². The third-order valence-corrected chi connectivity index (χ3v) is 6.47. The Bertz CT molecular complexity index is 1690. The number of nitrogens with one attached hydrogen (secondary N) is 1. The predicted molar refractivity (Wildman–Crippen MR) is 128 cm³/mol. The number of ether oxygens (including phenoxy) is 1. The van der Waals surface area contributed by atoms with E-state index in [9.17, 15) is 13.3 Å². The van der Waals surface area contributed by atoms with Crippen molar-refractivity contribution in [3.8, 4) is 22.8 Å². The van der Waals surface area contributed by atoms with Crippen molar-refractivity contribution < 1.29 is 22.6 Å². The van der Waals surface area contributed by atoms with Gasteiger partial charge in [0.05, 0.1) is 12.8 Å². The van der Waals surface area contributed by atoms with Crippen molar-refractivity contribution in [2.45, 2.75) is 13.0 Å². The van der Waals surface area contributed by atoms with Crippen molar-refractivity contribution in [3.05, 3.63) is 65.9 Å². The van der Waals surface area contributed by atoms with Crippen LogP contribution >= 0.6 is 7.37 Å². The Morgan fingerprint density at radius 1 is 1.14 bits per heavy atom. The predicted octanol–water partition coefficient (Wildman–Crippen LogP) is 4.18. The van der Waals surface area contributed by atoms with E-state index in [0.29, 0.717) is 52.7 Å². The second-order valence-electron chi connectivity index (χ2n) is 8.68. The molecule has 1 aromatic carbocycles. The number of hydrogen-bond donors (Lipinski definition) is 1. The van der Waals surface area contributed by atoms with Gasteiger partial charge in [0.15, 0.2) is 5.65 Å². The van der Waals surface area contributed by atoms with Crippen LogP contribution in [0.1, 0.15) is 11.1 Å². The van der Waals surface area contributed by atoms with E-state index < -0.39 is 13.2 Å². The van der Waals surface area contributed by atoms with Crippen LogP contribution in [0, 0.1) is 11.6 Å². The quantitative estimate of drug-likeness (QED) is 0.339. The average Bonchev–Trinajstić information content (AvgIpc) is 3.57. The zero-order valence-corrected chi connectivity index (χ0v) is 20.2. The minimum atomic E-state index is -2.90. The standard InChI is InChI=1S/C23H20F2N7O3P/c1-36(2,33)35-20-10-26-21-15(7-13(24)11-31(20)21)17-9-28-23(32-12-29-30-22(17)32)27-8-16-14-5-6-34-19(14)4-3-18(16)25/h3-4,7,9-12H,5-6,8H2,1-2H3,(H,27,28). The number of imidazole rings is 1. The maximum Gasteiger partial charge on any atom is 0.243 e. The van der Waals surface area contributed by atoms with Crippen molar-refractivity contribution in [1.29, 1.82) is 0 Å². The third-order valence-electron chi connectivity index (χ3n) is 5.84. The fourth-order valence-corrected chi connectivity index (χ4v) is 4.92. The molecule has 36 heavy (non-hydrogen) atoms.